The molecule has 0 fully saturated rings. The summed E-state index contributed by atoms with van der Waals surface area (Å²) in [5.74, 6) is 5.18. The van der Waals surface area contributed by atoms with Crippen LogP contribution in [0, 0.1) is 0 Å². The third-order valence-corrected chi connectivity index (χ3v) is 9.79. The summed E-state index contributed by atoms with van der Waals surface area (Å²) >= 11 is 0. The number of ether oxygens (including phenoxy) is 9. The molecule has 0 spiro atoms. The number of methoxy groups -OCH3 is 9. The zero-order chi connectivity index (χ0) is 38.1. The topological polar surface area (TPSA) is 128 Å². The molecule has 7 rings (SSSR count). The Hall–Kier alpha value is -6.43. The Morgan fingerprint density at radius 3 is 0.870 bits per heavy atom. The molecule has 3 aromatic carbocycles. The van der Waals surface area contributed by atoms with E-state index in [-0.39, 0.29) is 0 Å². The van der Waals surface area contributed by atoms with Crippen LogP contribution in [0.25, 0.3) is 55.4 Å². The summed E-state index contributed by atoms with van der Waals surface area (Å²) in [5.41, 5.74) is 9.43. The average molecular weight is 734 g/mol. The van der Waals surface area contributed by atoms with Crippen LogP contribution in [-0.4, -0.2) is 78.9 Å². The summed E-state index contributed by atoms with van der Waals surface area (Å²) in [4.78, 5) is 12.9. The Kier molecular flexibility index (Phi) is 9.92. The van der Waals surface area contributed by atoms with E-state index >= 15 is 0 Å². The number of aromatic nitrogens is 3. The van der Waals surface area contributed by atoms with Gasteiger partial charge in [-0.2, -0.15) is 0 Å². The van der Waals surface area contributed by atoms with Crippen molar-refractivity contribution in [2.24, 2.45) is 0 Å². The molecule has 3 aromatic heterocycles. The fourth-order valence-electron chi connectivity index (χ4n) is 7.29. The summed E-state index contributed by atoms with van der Waals surface area (Å²) in [6.07, 6.45) is 1.23. The fourth-order valence-corrected chi connectivity index (χ4v) is 7.29. The number of benzene rings is 3. The Bertz CT molecular complexity index is 2240. The third kappa shape index (κ3) is 6.03. The molecule has 0 saturated carbocycles. The second-order valence-corrected chi connectivity index (χ2v) is 12.4. The first kappa shape index (κ1) is 36.0. The molecule has 0 aliphatic carbocycles. The van der Waals surface area contributed by atoms with Gasteiger partial charge in [-0.25, -0.2) is 0 Å². The van der Waals surface area contributed by atoms with Gasteiger partial charge in [-0.1, -0.05) is 0 Å². The summed E-state index contributed by atoms with van der Waals surface area (Å²) in [5, 5.41) is 0. The van der Waals surface area contributed by atoms with Gasteiger partial charge in [-0.05, 0) is 37.1 Å². The number of aryl methyl sites for hydroxylation is 2. The van der Waals surface area contributed by atoms with Crippen LogP contribution in [0.1, 0.15) is 11.4 Å². The van der Waals surface area contributed by atoms with Crippen LogP contribution in [0.5, 0.6) is 51.7 Å². The molecule has 12 heteroatoms. The highest BCUT2D eigenvalue weighted by molar-refractivity contribution is 6.01. The molecular weight excluding hydrogens is 690 g/mol. The van der Waals surface area contributed by atoms with Gasteiger partial charge in [0.25, 0.3) is 0 Å². The Morgan fingerprint density at radius 1 is 0.352 bits per heavy atom. The third-order valence-electron chi connectivity index (χ3n) is 9.79. The minimum atomic E-state index is 0.560. The smallest absolute Gasteiger partial charge is 0.134 e. The largest absolute Gasteiger partial charge is 0.496 e. The lowest BCUT2D eigenvalue weighted by Crippen LogP contribution is -1.98. The van der Waals surface area contributed by atoms with E-state index in [2.05, 4.69) is 9.97 Å². The molecule has 12 nitrogen and oxygen atoms in total. The number of rotatable bonds is 12. The van der Waals surface area contributed by atoms with Crippen molar-refractivity contribution >= 4 is 22.1 Å². The zero-order valence-electron chi connectivity index (χ0n) is 31.8. The Balaban J connectivity index is 1.73. The number of fused-ring (bicyclic) bond motifs is 6. The van der Waals surface area contributed by atoms with Crippen molar-refractivity contribution in [3.05, 3.63) is 72.1 Å². The van der Waals surface area contributed by atoms with Crippen molar-refractivity contribution in [1.82, 2.24) is 15.0 Å². The van der Waals surface area contributed by atoms with E-state index in [9.17, 15) is 0 Å². The summed E-state index contributed by atoms with van der Waals surface area (Å²) in [6.45, 7) is 0. The van der Waals surface area contributed by atoms with Crippen LogP contribution in [-0.2, 0) is 12.8 Å². The van der Waals surface area contributed by atoms with Crippen LogP contribution < -0.4 is 42.6 Å². The molecule has 1 aliphatic rings. The average Bonchev–Trinajstić information content (AvgIpc) is 4.01. The van der Waals surface area contributed by atoms with E-state index < -0.39 is 0 Å². The lowest BCUT2D eigenvalue weighted by atomic mass is 9.98. The highest BCUT2D eigenvalue weighted by Crippen LogP contribution is 2.50. The molecule has 0 unspecified atom stereocenters. The summed E-state index contributed by atoms with van der Waals surface area (Å²) in [7, 11) is 14.6. The molecule has 0 saturated heterocycles. The normalized spacial score (nSPS) is 11.6. The molecule has 0 radical (unpaired) electrons. The second-order valence-electron chi connectivity index (χ2n) is 12.4. The van der Waals surface area contributed by atoms with Crippen molar-refractivity contribution in [1.29, 1.82) is 0 Å². The number of nitrogens with zero attached hydrogens (tertiary/aromatic N) is 1. The molecule has 4 heterocycles. The Labute approximate surface area is 313 Å². The van der Waals surface area contributed by atoms with E-state index in [1.807, 2.05) is 60.7 Å². The molecule has 280 valence electrons. The maximum absolute atomic E-state index is 6.02. The minimum Gasteiger partial charge on any atom is -0.496 e. The molecule has 1 aliphatic heterocycles. The second kappa shape index (κ2) is 14.9. The lowest BCUT2D eigenvalue weighted by Gasteiger charge is -2.17. The van der Waals surface area contributed by atoms with E-state index in [4.69, 9.17) is 47.6 Å². The lowest BCUT2D eigenvalue weighted by molar-refractivity contribution is 0.377. The molecule has 6 bridgehead atoms. The van der Waals surface area contributed by atoms with E-state index in [1.165, 1.54) is 0 Å². The maximum atomic E-state index is 6.02. The predicted molar refractivity (Wildman–Crippen MR) is 208 cm³/mol. The standard InChI is InChI=1S/C42H43N3O9/c1-46-22-16-31(49-4)40(32(17-22)50-5)37-25-10-12-27(43-25)38(41-33(51-6)18-23(47-2)19-34(41)52-7)29-14-15-30(45-29)39(28-13-11-26(37)44-28)42-35(53-8)20-24(48-3)21-36(42)54-9/h10-13,16-21,43-44H,14-15H2,1-9H3. The quantitative estimate of drug-likeness (QED) is 0.127. The number of aromatic amines is 2. The molecule has 0 atom stereocenters. The number of hydrogen-bond acceptors (Lipinski definition) is 10. The van der Waals surface area contributed by atoms with Gasteiger partial charge < -0.3 is 52.6 Å². The minimum absolute atomic E-state index is 0.560. The van der Waals surface area contributed by atoms with Crippen LogP contribution >= 0.6 is 0 Å². The van der Waals surface area contributed by atoms with Gasteiger partial charge >= 0.3 is 0 Å². The molecular formula is C42H43N3O9. The number of nitrogens with one attached hydrogen (secondary N) is 2. The highest BCUT2D eigenvalue weighted by Gasteiger charge is 2.28. The summed E-state index contributed by atoms with van der Waals surface area (Å²) in [6, 6.07) is 19.2. The first-order valence-electron chi connectivity index (χ1n) is 17.2. The van der Waals surface area contributed by atoms with Crippen LogP contribution in [0.4, 0.5) is 0 Å². The maximum Gasteiger partial charge on any atom is 0.134 e. The summed E-state index contributed by atoms with van der Waals surface area (Å²) < 4.78 is 52.9. The van der Waals surface area contributed by atoms with Gasteiger partial charge in [0, 0.05) is 75.2 Å². The van der Waals surface area contributed by atoms with Crippen LogP contribution in [0.3, 0.4) is 0 Å². The van der Waals surface area contributed by atoms with Gasteiger partial charge in [0.1, 0.15) is 51.7 Å². The first-order valence-corrected chi connectivity index (χ1v) is 17.2. The SMILES string of the molecule is COc1cc(OC)c(-c2c3nc(c(-c4c(OC)cc(OC)cc4OC)c4ccc([nH]4)c(-c4c(OC)cc(OC)cc4OC)c4ccc2[nH]4)CC3)c(OC)c1. The number of hydrogen-bond donors (Lipinski definition) is 2. The van der Waals surface area contributed by atoms with Crippen molar-refractivity contribution in [2.75, 3.05) is 64.0 Å². The van der Waals surface area contributed by atoms with Crippen LogP contribution in [0.15, 0.2) is 60.7 Å². The van der Waals surface area contributed by atoms with E-state index in [1.54, 1.807) is 64.0 Å². The molecule has 2 N–H and O–H groups in total. The zero-order valence-corrected chi connectivity index (χ0v) is 31.8. The monoisotopic (exact) mass is 733 g/mol. The van der Waals surface area contributed by atoms with E-state index in [0.717, 1.165) is 66.8 Å². The van der Waals surface area contributed by atoms with Gasteiger partial charge in [-0.15, -0.1) is 0 Å². The Morgan fingerprint density at radius 2 is 0.611 bits per heavy atom. The van der Waals surface area contributed by atoms with Gasteiger partial charge in [0.15, 0.2) is 0 Å². The predicted octanol–water partition coefficient (Wildman–Crippen LogP) is 8.35. The molecule has 54 heavy (non-hydrogen) atoms. The van der Waals surface area contributed by atoms with Crippen molar-refractivity contribution in [3.63, 3.8) is 0 Å². The van der Waals surface area contributed by atoms with E-state index in [0.29, 0.717) is 64.6 Å². The van der Waals surface area contributed by atoms with Gasteiger partial charge in [0.05, 0.1) is 92.1 Å². The van der Waals surface area contributed by atoms with Crippen molar-refractivity contribution < 1.29 is 42.6 Å². The van der Waals surface area contributed by atoms with Crippen molar-refractivity contribution in [3.8, 4) is 85.1 Å². The fraction of sp³-hybridized carbons (Fsp3) is 0.262. The highest BCUT2D eigenvalue weighted by atomic mass is 16.5. The number of H-pyrrole nitrogens is 2. The van der Waals surface area contributed by atoms with Crippen molar-refractivity contribution in [2.45, 2.75) is 12.8 Å². The molecule has 6 aromatic rings. The van der Waals surface area contributed by atoms with Gasteiger partial charge in [0.2, 0.25) is 0 Å². The first-order chi connectivity index (χ1) is 26.3. The van der Waals surface area contributed by atoms with Gasteiger partial charge in [-0.3, -0.25) is 4.98 Å². The van der Waals surface area contributed by atoms with Crippen LogP contribution in [0.2, 0.25) is 0 Å². The molecule has 0 amide bonds.